The summed E-state index contributed by atoms with van der Waals surface area (Å²) < 4.78 is 28.0. The highest BCUT2D eigenvalue weighted by Gasteiger charge is 2.22. The Kier molecular flexibility index (Phi) is 5.24. The molecule has 154 valence electrons. The lowest BCUT2D eigenvalue weighted by Gasteiger charge is -2.27. The van der Waals surface area contributed by atoms with Crippen LogP contribution in [0.2, 0.25) is 0 Å². The summed E-state index contributed by atoms with van der Waals surface area (Å²) in [6.07, 6.45) is 2.61. The second-order valence-corrected chi connectivity index (χ2v) is 7.65. The zero-order valence-corrected chi connectivity index (χ0v) is 16.9. The molecule has 0 saturated carbocycles. The van der Waals surface area contributed by atoms with E-state index in [9.17, 15) is 18.4 Å². The Labute approximate surface area is 172 Å². The number of carbonyl (C=O) groups is 1. The maximum absolute atomic E-state index is 14.3. The second kappa shape index (κ2) is 7.86. The monoisotopic (exact) mass is 408 g/mol. The van der Waals surface area contributed by atoms with Crippen LogP contribution in [0.4, 0.5) is 8.78 Å². The van der Waals surface area contributed by atoms with E-state index >= 15 is 0 Å². The van der Waals surface area contributed by atoms with Crippen LogP contribution < -0.4 is 5.56 Å². The first-order chi connectivity index (χ1) is 14.4. The smallest absolute Gasteiger partial charge is 0.252 e. The van der Waals surface area contributed by atoms with Gasteiger partial charge in [-0.3, -0.25) is 9.59 Å². The lowest BCUT2D eigenvalue weighted by atomic mass is 9.95. The highest BCUT2D eigenvalue weighted by Crippen LogP contribution is 2.26. The molecule has 3 aromatic rings. The van der Waals surface area contributed by atoms with Crippen LogP contribution >= 0.6 is 0 Å². The maximum Gasteiger partial charge on any atom is 0.252 e. The number of halogens is 2. The maximum atomic E-state index is 14.3. The number of aromatic nitrogens is 1. The molecule has 1 aliphatic rings. The Balaban J connectivity index is 1.58. The van der Waals surface area contributed by atoms with Gasteiger partial charge in [-0.2, -0.15) is 0 Å². The van der Waals surface area contributed by atoms with E-state index in [-0.39, 0.29) is 28.8 Å². The molecule has 0 radical (unpaired) electrons. The molecule has 6 heteroatoms. The first-order valence-corrected chi connectivity index (χ1v) is 9.89. The van der Waals surface area contributed by atoms with Crippen molar-refractivity contribution in [1.29, 1.82) is 0 Å². The molecule has 2 heterocycles. The standard InChI is InChI=1S/C24H22F2N2O2/c1-14-5-3-4-6-17(14)16-9-11-28(12-10-16)21(29)13-18-15(2)22-20(27-24(18)30)8-7-19(25)23(22)26/h3-9H,10-13H2,1-2H3,(H,27,30). The molecule has 0 atom stereocenters. The van der Waals surface area contributed by atoms with Gasteiger partial charge in [-0.1, -0.05) is 30.3 Å². The molecule has 1 N–H and O–H groups in total. The van der Waals surface area contributed by atoms with Gasteiger partial charge in [0.05, 0.1) is 11.9 Å². The number of hydrogen-bond acceptors (Lipinski definition) is 2. The van der Waals surface area contributed by atoms with Crippen molar-refractivity contribution in [1.82, 2.24) is 9.88 Å². The molecular weight excluding hydrogens is 386 g/mol. The van der Waals surface area contributed by atoms with Gasteiger partial charge in [-0.25, -0.2) is 8.78 Å². The van der Waals surface area contributed by atoms with Crippen LogP contribution in [-0.2, 0) is 11.2 Å². The van der Waals surface area contributed by atoms with E-state index in [1.807, 2.05) is 18.2 Å². The van der Waals surface area contributed by atoms with Gasteiger partial charge in [0.2, 0.25) is 5.91 Å². The molecule has 2 aromatic carbocycles. The summed E-state index contributed by atoms with van der Waals surface area (Å²) in [5.41, 5.74) is 3.82. The Morgan fingerprint density at radius 2 is 1.90 bits per heavy atom. The topological polar surface area (TPSA) is 53.2 Å². The van der Waals surface area contributed by atoms with Crippen molar-refractivity contribution in [2.45, 2.75) is 26.7 Å². The number of hydrogen-bond donors (Lipinski definition) is 1. The number of nitrogens with zero attached hydrogens (tertiary/aromatic N) is 1. The van der Waals surface area contributed by atoms with Gasteiger partial charge < -0.3 is 9.88 Å². The van der Waals surface area contributed by atoms with E-state index in [0.717, 1.165) is 12.5 Å². The van der Waals surface area contributed by atoms with Gasteiger partial charge in [0.15, 0.2) is 11.6 Å². The zero-order valence-electron chi connectivity index (χ0n) is 16.9. The molecular formula is C24H22F2N2O2. The molecule has 30 heavy (non-hydrogen) atoms. The van der Waals surface area contributed by atoms with E-state index in [1.165, 1.54) is 22.8 Å². The number of amides is 1. The summed E-state index contributed by atoms with van der Waals surface area (Å²) in [6, 6.07) is 10.4. The van der Waals surface area contributed by atoms with Crippen LogP contribution in [0, 0.1) is 25.5 Å². The third-order valence-corrected chi connectivity index (χ3v) is 5.83. The largest absolute Gasteiger partial charge is 0.338 e. The highest BCUT2D eigenvalue weighted by molar-refractivity contribution is 5.86. The van der Waals surface area contributed by atoms with Crippen molar-refractivity contribution < 1.29 is 13.6 Å². The summed E-state index contributed by atoms with van der Waals surface area (Å²) in [6.45, 7) is 4.61. The van der Waals surface area contributed by atoms with E-state index < -0.39 is 17.2 Å². The number of carbonyl (C=O) groups excluding carboxylic acids is 1. The predicted octanol–water partition coefficient (Wildman–Crippen LogP) is 4.28. The molecule has 0 unspecified atom stereocenters. The lowest BCUT2D eigenvalue weighted by molar-refractivity contribution is -0.130. The van der Waals surface area contributed by atoms with E-state index in [0.29, 0.717) is 18.7 Å². The van der Waals surface area contributed by atoms with Gasteiger partial charge in [-0.15, -0.1) is 0 Å². The van der Waals surface area contributed by atoms with Gasteiger partial charge in [-0.05, 0) is 54.7 Å². The van der Waals surface area contributed by atoms with Crippen LogP contribution in [0.5, 0.6) is 0 Å². The number of aryl methyl sites for hydroxylation is 2. The summed E-state index contributed by atoms with van der Waals surface area (Å²) in [5, 5.41) is 0.0118. The SMILES string of the molecule is Cc1ccccc1C1=CCN(C(=O)Cc2c(C)c3c(F)c(F)ccc3[nH]c2=O)CC1. The number of fused-ring (bicyclic) bond motifs is 1. The number of aromatic amines is 1. The summed E-state index contributed by atoms with van der Waals surface area (Å²) in [4.78, 5) is 29.6. The average molecular weight is 408 g/mol. The number of benzene rings is 2. The minimum Gasteiger partial charge on any atom is -0.338 e. The minimum absolute atomic E-state index is 0.0118. The fourth-order valence-corrected chi connectivity index (χ4v) is 4.09. The fourth-order valence-electron chi connectivity index (χ4n) is 4.09. The Morgan fingerprint density at radius 3 is 2.60 bits per heavy atom. The van der Waals surface area contributed by atoms with Gasteiger partial charge >= 0.3 is 0 Å². The van der Waals surface area contributed by atoms with E-state index in [2.05, 4.69) is 24.0 Å². The van der Waals surface area contributed by atoms with Crippen molar-refractivity contribution in [2.75, 3.05) is 13.1 Å². The van der Waals surface area contributed by atoms with Gasteiger partial charge in [0.25, 0.3) is 5.56 Å². The molecule has 1 amide bonds. The van der Waals surface area contributed by atoms with Crippen LogP contribution in [0.1, 0.15) is 28.7 Å². The molecule has 0 bridgehead atoms. The first kappa shape index (κ1) is 20.0. The quantitative estimate of drug-likeness (QED) is 0.703. The molecule has 1 aromatic heterocycles. The van der Waals surface area contributed by atoms with Crippen LogP contribution in [-0.4, -0.2) is 28.9 Å². The Hall–Kier alpha value is -3.28. The average Bonchev–Trinajstić information content (AvgIpc) is 2.74. The molecule has 0 saturated heterocycles. The third-order valence-electron chi connectivity index (χ3n) is 5.83. The minimum atomic E-state index is -1.02. The van der Waals surface area contributed by atoms with Crippen LogP contribution in [0.3, 0.4) is 0 Å². The third kappa shape index (κ3) is 3.54. The molecule has 0 fully saturated rings. The Morgan fingerprint density at radius 1 is 1.13 bits per heavy atom. The van der Waals surface area contributed by atoms with Gasteiger partial charge in [0, 0.05) is 24.0 Å². The van der Waals surface area contributed by atoms with Crippen molar-refractivity contribution in [3.63, 3.8) is 0 Å². The lowest BCUT2D eigenvalue weighted by Crippen LogP contribution is -2.37. The van der Waals surface area contributed by atoms with Crippen LogP contribution in [0.15, 0.2) is 47.3 Å². The molecule has 4 nitrogen and oxygen atoms in total. The number of pyridine rings is 1. The molecule has 0 aliphatic carbocycles. The van der Waals surface area contributed by atoms with Crippen molar-refractivity contribution in [3.05, 3.63) is 86.7 Å². The summed E-state index contributed by atoms with van der Waals surface area (Å²) >= 11 is 0. The fraction of sp³-hybridized carbons (Fsp3) is 0.250. The van der Waals surface area contributed by atoms with E-state index in [1.54, 1.807) is 11.8 Å². The number of rotatable bonds is 3. The first-order valence-electron chi connectivity index (χ1n) is 9.89. The van der Waals surface area contributed by atoms with Crippen molar-refractivity contribution in [3.8, 4) is 0 Å². The van der Waals surface area contributed by atoms with Crippen LogP contribution in [0.25, 0.3) is 16.5 Å². The van der Waals surface area contributed by atoms with Crippen molar-refractivity contribution >= 4 is 22.4 Å². The molecule has 1 aliphatic heterocycles. The highest BCUT2D eigenvalue weighted by atomic mass is 19.2. The second-order valence-electron chi connectivity index (χ2n) is 7.65. The zero-order chi connectivity index (χ0) is 21.4. The summed E-state index contributed by atoms with van der Waals surface area (Å²) in [7, 11) is 0. The van der Waals surface area contributed by atoms with Gasteiger partial charge in [0.1, 0.15) is 0 Å². The van der Waals surface area contributed by atoms with Crippen molar-refractivity contribution in [2.24, 2.45) is 0 Å². The Bertz CT molecular complexity index is 1240. The molecule has 0 spiro atoms. The predicted molar refractivity (Wildman–Crippen MR) is 113 cm³/mol. The van der Waals surface area contributed by atoms with E-state index in [4.69, 9.17) is 0 Å². The summed E-state index contributed by atoms with van der Waals surface area (Å²) in [5.74, 6) is -2.21. The normalized spacial score (nSPS) is 14.1. The molecule has 4 rings (SSSR count). The number of nitrogens with one attached hydrogen (secondary N) is 1. The number of H-pyrrole nitrogens is 1.